The maximum absolute atomic E-state index is 12.4. The summed E-state index contributed by atoms with van der Waals surface area (Å²) in [6.45, 7) is 3.60. The van der Waals surface area contributed by atoms with Gasteiger partial charge in [0.05, 0.1) is 11.1 Å². The maximum atomic E-state index is 12.4. The fourth-order valence-electron chi connectivity index (χ4n) is 7.92. The number of carbonyl (C=O) groups is 1. The van der Waals surface area contributed by atoms with E-state index in [2.05, 4.69) is 59.5 Å². The minimum Gasteiger partial charge on any atom is -0.478 e. The van der Waals surface area contributed by atoms with Gasteiger partial charge in [-0.1, -0.05) is 104 Å². The topological polar surface area (TPSA) is 66.6 Å². The van der Waals surface area contributed by atoms with Crippen molar-refractivity contribution in [2.24, 2.45) is 5.92 Å². The Balaban J connectivity index is 0.000000178. The SMILES string of the molecule is Nc1c(-c2ccc3c(c2)CCN(CC2CCCCC2)C3)ccc2c1Cc1ccccc1-2.O=C(O)c1ccccc1-c1ccc(C(F)(F)F)cc1. The van der Waals surface area contributed by atoms with Crippen molar-refractivity contribution in [3.8, 4) is 33.4 Å². The number of fused-ring (bicyclic) bond motifs is 4. The first-order valence-electron chi connectivity index (χ1n) is 17.5. The summed E-state index contributed by atoms with van der Waals surface area (Å²) in [5, 5.41) is 9.03. The van der Waals surface area contributed by atoms with Crippen molar-refractivity contribution in [3.63, 3.8) is 0 Å². The van der Waals surface area contributed by atoms with Crippen molar-refractivity contribution in [2.45, 2.75) is 57.7 Å². The van der Waals surface area contributed by atoms with Gasteiger partial charge in [-0.15, -0.1) is 0 Å². The minimum absolute atomic E-state index is 0.0576. The Bertz CT molecular complexity index is 2010. The number of carboxylic acid groups (broad SMARTS) is 1. The fraction of sp³-hybridized carbons (Fsp3) is 0.279. The lowest BCUT2D eigenvalue weighted by Crippen LogP contribution is -2.35. The van der Waals surface area contributed by atoms with Crippen LogP contribution in [0.2, 0.25) is 0 Å². The van der Waals surface area contributed by atoms with Crippen LogP contribution in [0.1, 0.15) is 70.3 Å². The number of nitrogen functional groups attached to an aromatic ring is 1. The Morgan fingerprint density at radius 1 is 0.740 bits per heavy atom. The second-order valence-electron chi connectivity index (χ2n) is 13.8. The standard InChI is InChI=1S/C29H32N2.C14H9F3O2/c30-29-26(12-13-27-25-9-5-4-8-22(25)17-28(27)29)23-10-11-24-19-31(15-14-21(24)16-23)18-20-6-2-1-3-7-20;15-14(16,17)10-7-5-9(6-8-10)11-3-1-2-4-12(11)13(18)19/h4-5,8-13,16,20H,1-3,6-7,14-15,17-19,30H2;1-8H,(H,18,19). The van der Waals surface area contributed by atoms with Crippen molar-refractivity contribution < 1.29 is 23.1 Å². The van der Waals surface area contributed by atoms with Crippen LogP contribution in [0.4, 0.5) is 18.9 Å². The van der Waals surface area contributed by atoms with Gasteiger partial charge >= 0.3 is 12.1 Å². The van der Waals surface area contributed by atoms with Crippen LogP contribution >= 0.6 is 0 Å². The zero-order valence-electron chi connectivity index (χ0n) is 28.0. The quantitative estimate of drug-likeness (QED) is 0.179. The van der Waals surface area contributed by atoms with Gasteiger partial charge < -0.3 is 10.8 Å². The average molecular weight is 675 g/mol. The smallest absolute Gasteiger partial charge is 0.416 e. The molecule has 7 heteroatoms. The summed E-state index contributed by atoms with van der Waals surface area (Å²) in [6, 6.07) is 30.9. The lowest BCUT2D eigenvalue weighted by atomic mass is 9.87. The Kier molecular flexibility index (Phi) is 9.52. The van der Waals surface area contributed by atoms with E-state index in [-0.39, 0.29) is 5.56 Å². The van der Waals surface area contributed by atoms with E-state index < -0.39 is 17.7 Å². The number of hydrogen-bond acceptors (Lipinski definition) is 3. The summed E-state index contributed by atoms with van der Waals surface area (Å²) in [4.78, 5) is 13.7. The molecule has 1 heterocycles. The molecule has 0 amide bonds. The molecule has 0 spiro atoms. The highest BCUT2D eigenvalue weighted by Crippen LogP contribution is 2.43. The molecule has 5 aromatic rings. The number of carboxylic acids is 1. The molecule has 256 valence electrons. The molecule has 1 saturated carbocycles. The van der Waals surface area contributed by atoms with E-state index in [1.54, 1.807) is 18.2 Å². The second kappa shape index (κ2) is 14.2. The number of halogens is 3. The molecule has 1 fully saturated rings. The molecule has 0 aromatic heterocycles. The van der Waals surface area contributed by atoms with Crippen LogP contribution in [0.15, 0.2) is 103 Å². The summed E-state index contributed by atoms with van der Waals surface area (Å²) in [5.41, 5.74) is 18.7. The third kappa shape index (κ3) is 7.06. The van der Waals surface area contributed by atoms with Crippen molar-refractivity contribution in [3.05, 3.63) is 137 Å². The number of nitrogens with zero attached hydrogens (tertiary/aromatic N) is 1. The van der Waals surface area contributed by atoms with Crippen LogP contribution in [0, 0.1) is 5.92 Å². The monoisotopic (exact) mass is 674 g/mol. The molecule has 5 aromatic carbocycles. The molecule has 0 atom stereocenters. The molecule has 0 radical (unpaired) electrons. The van der Waals surface area contributed by atoms with Gasteiger partial charge in [0.2, 0.25) is 0 Å². The Morgan fingerprint density at radius 3 is 2.16 bits per heavy atom. The van der Waals surface area contributed by atoms with E-state index in [9.17, 15) is 18.0 Å². The maximum Gasteiger partial charge on any atom is 0.416 e. The number of anilines is 1. The molecule has 2 aliphatic carbocycles. The van der Waals surface area contributed by atoms with Crippen LogP contribution in [0.25, 0.3) is 33.4 Å². The Hall–Kier alpha value is -4.88. The van der Waals surface area contributed by atoms with E-state index in [4.69, 9.17) is 10.8 Å². The fourth-order valence-corrected chi connectivity index (χ4v) is 7.92. The Labute approximate surface area is 291 Å². The van der Waals surface area contributed by atoms with Crippen molar-refractivity contribution in [2.75, 3.05) is 18.8 Å². The number of alkyl halides is 3. The average Bonchev–Trinajstić information content (AvgIpc) is 3.52. The van der Waals surface area contributed by atoms with Gasteiger partial charge in [-0.05, 0) is 93.5 Å². The van der Waals surface area contributed by atoms with Gasteiger partial charge in [0.15, 0.2) is 0 Å². The number of hydrogen-bond donors (Lipinski definition) is 2. The number of rotatable bonds is 5. The zero-order valence-corrected chi connectivity index (χ0v) is 28.0. The summed E-state index contributed by atoms with van der Waals surface area (Å²) in [7, 11) is 0. The van der Waals surface area contributed by atoms with Crippen LogP contribution in [-0.2, 0) is 25.6 Å². The molecule has 0 bridgehead atoms. The molecule has 1 aliphatic heterocycles. The van der Waals surface area contributed by atoms with E-state index in [1.165, 1.54) is 108 Å². The third-order valence-electron chi connectivity index (χ3n) is 10.6. The number of aromatic carboxylic acids is 1. The van der Waals surface area contributed by atoms with Crippen LogP contribution in [-0.4, -0.2) is 29.1 Å². The zero-order chi connectivity index (χ0) is 34.8. The lowest BCUT2D eigenvalue weighted by molar-refractivity contribution is -0.137. The van der Waals surface area contributed by atoms with Gasteiger partial charge in [-0.2, -0.15) is 13.2 Å². The van der Waals surface area contributed by atoms with Crippen LogP contribution in [0.3, 0.4) is 0 Å². The first-order chi connectivity index (χ1) is 24.2. The van der Waals surface area contributed by atoms with E-state index >= 15 is 0 Å². The largest absolute Gasteiger partial charge is 0.478 e. The number of nitrogens with two attached hydrogens (primary N) is 1. The van der Waals surface area contributed by atoms with Gasteiger partial charge in [-0.3, -0.25) is 4.90 Å². The molecular weight excluding hydrogens is 633 g/mol. The van der Waals surface area contributed by atoms with Crippen LogP contribution < -0.4 is 5.73 Å². The molecular formula is C43H41F3N2O2. The lowest BCUT2D eigenvalue weighted by Gasteiger charge is -2.33. The van der Waals surface area contributed by atoms with Crippen molar-refractivity contribution >= 4 is 11.7 Å². The first kappa shape index (κ1) is 33.6. The first-order valence-corrected chi connectivity index (χ1v) is 17.5. The van der Waals surface area contributed by atoms with E-state index in [0.29, 0.717) is 11.1 Å². The van der Waals surface area contributed by atoms with Gasteiger partial charge in [0.25, 0.3) is 0 Å². The summed E-state index contributed by atoms with van der Waals surface area (Å²) >= 11 is 0. The molecule has 0 unspecified atom stereocenters. The van der Waals surface area contributed by atoms with E-state index in [0.717, 1.165) is 43.1 Å². The molecule has 3 aliphatic rings. The van der Waals surface area contributed by atoms with Crippen molar-refractivity contribution in [1.82, 2.24) is 4.90 Å². The van der Waals surface area contributed by atoms with Crippen LogP contribution in [0.5, 0.6) is 0 Å². The molecule has 8 rings (SSSR count). The summed E-state index contributed by atoms with van der Waals surface area (Å²) in [5.74, 6) is -0.194. The summed E-state index contributed by atoms with van der Waals surface area (Å²) in [6.07, 6.45) is 4.90. The molecule has 50 heavy (non-hydrogen) atoms. The summed E-state index contributed by atoms with van der Waals surface area (Å²) < 4.78 is 37.3. The third-order valence-corrected chi connectivity index (χ3v) is 10.6. The predicted molar refractivity (Wildman–Crippen MR) is 194 cm³/mol. The highest BCUT2D eigenvalue weighted by atomic mass is 19.4. The van der Waals surface area contributed by atoms with Gasteiger partial charge in [-0.25, -0.2) is 4.79 Å². The predicted octanol–water partition coefficient (Wildman–Crippen LogP) is 10.5. The second-order valence-corrected chi connectivity index (χ2v) is 13.8. The van der Waals surface area contributed by atoms with Gasteiger partial charge in [0.1, 0.15) is 0 Å². The number of benzene rings is 5. The van der Waals surface area contributed by atoms with E-state index in [1.807, 2.05) is 0 Å². The van der Waals surface area contributed by atoms with Gasteiger partial charge in [0, 0.05) is 37.3 Å². The molecule has 3 N–H and O–H groups in total. The van der Waals surface area contributed by atoms with Crippen molar-refractivity contribution in [1.29, 1.82) is 0 Å². The Morgan fingerprint density at radius 2 is 1.42 bits per heavy atom. The molecule has 0 saturated heterocycles. The highest BCUT2D eigenvalue weighted by Gasteiger charge is 2.30. The normalized spacial score (nSPS) is 15.7. The highest BCUT2D eigenvalue weighted by molar-refractivity contribution is 5.96. The minimum atomic E-state index is -4.40. The molecule has 4 nitrogen and oxygen atoms in total.